The van der Waals surface area contributed by atoms with Gasteiger partial charge in [-0.3, -0.25) is 0 Å². The highest BCUT2D eigenvalue weighted by molar-refractivity contribution is 7.28. The van der Waals surface area contributed by atoms with Gasteiger partial charge in [0.1, 0.15) is 22.1 Å². The number of thiophene rings is 6. The topological polar surface area (TPSA) is 61.4 Å². The van der Waals surface area contributed by atoms with Gasteiger partial charge in [0.2, 0.25) is 0 Å². The van der Waals surface area contributed by atoms with Crippen LogP contribution in [0.1, 0.15) is 140 Å². The summed E-state index contributed by atoms with van der Waals surface area (Å²) in [6.45, 7) is 11.1. The predicted octanol–water partition coefficient (Wildman–Crippen LogP) is 25.9. The Morgan fingerprint density at radius 3 is 1.00 bits per heavy atom. The largest absolute Gasteiger partial charge is 0.339 e. The molecule has 14 aromatic rings. The highest BCUT2D eigenvalue weighted by atomic mass is 32.1. The van der Waals surface area contributed by atoms with Crippen LogP contribution in [0.3, 0.4) is 0 Å². The summed E-state index contributed by atoms with van der Waals surface area (Å²) in [4.78, 5) is 16.2. The van der Waals surface area contributed by atoms with E-state index in [0.717, 1.165) is 70.3 Å². The van der Waals surface area contributed by atoms with Gasteiger partial charge in [0.25, 0.3) is 0 Å². The third-order valence-corrected chi connectivity index (χ3v) is 26.1. The van der Waals surface area contributed by atoms with Crippen molar-refractivity contribution in [2.24, 2.45) is 0 Å². The van der Waals surface area contributed by atoms with Gasteiger partial charge in [0, 0.05) is 105 Å². The lowest BCUT2D eigenvalue weighted by molar-refractivity contribution is 0.600. The molecule has 0 aliphatic rings. The Balaban J connectivity index is 0.776. The molecular formula is C74H74N6S8. The van der Waals surface area contributed by atoms with Crippen LogP contribution >= 0.6 is 91.5 Å². The minimum atomic E-state index is 0.964. The Hall–Kier alpha value is -5.94. The van der Waals surface area contributed by atoms with Gasteiger partial charge in [-0.05, 0) is 135 Å². The number of hydrogen-bond acceptors (Lipinski definition) is 12. The second-order valence-corrected chi connectivity index (χ2v) is 31.4. The number of nitrogens with zero attached hydrogens (tertiary/aromatic N) is 6. The number of aryl methyl sites for hydroxylation is 4. The molecule has 4 aromatic carbocycles. The zero-order chi connectivity index (χ0) is 59.5. The number of unbranched alkanes of at least 4 members (excludes halogenated alkanes) is 12. The average Bonchev–Trinajstić information content (AvgIpc) is 1.58. The molecular weight excluding hydrogens is 1230 g/mol. The molecule has 10 heterocycles. The minimum Gasteiger partial charge on any atom is -0.339 e. The maximum Gasteiger partial charge on any atom is 0.114 e. The van der Waals surface area contributed by atoms with E-state index in [1.165, 1.54) is 229 Å². The number of aromatic nitrogens is 6. The fraction of sp³-hybridized carbons (Fsp3) is 0.324. The molecule has 0 aliphatic heterocycles. The van der Waals surface area contributed by atoms with Crippen LogP contribution in [0.5, 0.6) is 0 Å². The molecule has 0 spiro atoms. The van der Waals surface area contributed by atoms with Gasteiger partial charge in [0.05, 0.1) is 45.5 Å². The summed E-state index contributed by atoms with van der Waals surface area (Å²) in [7, 11) is 0. The van der Waals surface area contributed by atoms with Crippen molar-refractivity contribution in [3.8, 4) is 82.2 Å². The lowest BCUT2D eigenvalue weighted by Gasteiger charge is -2.12. The molecule has 0 amide bonds. The first kappa shape index (κ1) is 59.7. The van der Waals surface area contributed by atoms with Crippen molar-refractivity contribution < 1.29 is 0 Å². The highest BCUT2D eigenvalue weighted by Gasteiger charge is 2.25. The molecule has 88 heavy (non-hydrogen) atoms. The second-order valence-electron chi connectivity index (χ2n) is 23.6. The molecule has 0 saturated carbocycles. The monoisotopic (exact) mass is 1300 g/mol. The number of hydrogen-bond donors (Lipinski definition) is 0. The SMILES string of the molecule is CCCCCCc1ccc(-c2ccc(-c3ccc(-c4ccc(-c5ccc6c(c5)n(CCCCCC)c5c7ccc(-c8ccc(-c9ccc(-c%10ccc(-c%11ccc(CCCCCC)s%11)s%10)s9)c9nsnc89)cc7n(CCCCCC)c65)c5nsnc45)s3)s2)s1. The van der Waals surface area contributed by atoms with Crippen molar-refractivity contribution in [1.82, 2.24) is 26.6 Å². The molecule has 6 nitrogen and oxygen atoms in total. The summed E-state index contributed by atoms with van der Waals surface area (Å²) in [5.74, 6) is 0. The summed E-state index contributed by atoms with van der Waals surface area (Å²) >= 11 is 14.1. The van der Waals surface area contributed by atoms with Crippen LogP contribution < -0.4 is 0 Å². The molecule has 0 bridgehead atoms. The van der Waals surface area contributed by atoms with Crippen LogP contribution in [0.2, 0.25) is 0 Å². The molecule has 0 N–H and O–H groups in total. The van der Waals surface area contributed by atoms with Crippen LogP contribution in [0.4, 0.5) is 0 Å². The van der Waals surface area contributed by atoms with Crippen molar-refractivity contribution in [2.75, 3.05) is 0 Å². The Morgan fingerprint density at radius 1 is 0.295 bits per heavy atom. The average molecular weight is 1300 g/mol. The van der Waals surface area contributed by atoms with E-state index in [2.05, 4.69) is 170 Å². The smallest absolute Gasteiger partial charge is 0.114 e. The van der Waals surface area contributed by atoms with E-state index in [4.69, 9.17) is 17.5 Å². The maximum absolute atomic E-state index is 5.04. The van der Waals surface area contributed by atoms with E-state index in [0.29, 0.717) is 0 Å². The van der Waals surface area contributed by atoms with Crippen molar-refractivity contribution >= 4 is 146 Å². The Kier molecular flexibility index (Phi) is 18.5. The van der Waals surface area contributed by atoms with E-state index in [-0.39, 0.29) is 0 Å². The molecule has 0 radical (unpaired) electrons. The number of benzene rings is 4. The zero-order valence-electron chi connectivity index (χ0n) is 50.8. The maximum atomic E-state index is 5.04. The van der Waals surface area contributed by atoms with Crippen LogP contribution in [0, 0.1) is 0 Å². The lowest BCUT2D eigenvalue weighted by atomic mass is 9.99. The normalized spacial score (nSPS) is 12.1. The zero-order valence-corrected chi connectivity index (χ0v) is 57.3. The van der Waals surface area contributed by atoms with E-state index in [1.54, 1.807) is 0 Å². The van der Waals surface area contributed by atoms with Crippen LogP contribution in [-0.2, 0) is 25.9 Å². The van der Waals surface area contributed by atoms with E-state index in [1.807, 2.05) is 68.0 Å². The molecule has 14 rings (SSSR count). The van der Waals surface area contributed by atoms with Crippen LogP contribution in [0.15, 0.2) is 133 Å². The summed E-state index contributed by atoms with van der Waals surface area (Å²) in [5, 5.41) is 2.63. The first-order valence-electron chi connectivity index (χ1n) is 32.1. The van der Waals surface area contributed by atoms with Crippen molar-refractivity contribution in [3.05, 3.63) is 143 Å². The highest BCUT2D eigenvalue weighted by Crippen LogP contribution is 2.48. The minimum absolute atomic E-state index is 0.964. The van der Waals surface area contributed by atoms with E-state index in [9.17, 15) is 0 Å². The van der Waals surface area contributed by atoms with E-state index >= 15 is 0 Å². The van der Waals surface area contributed by atoms with E-state index < -0.39 is 0 Å². The standard InChI is InChI=1S/C74H74N6S8/c1-5-9-13-17-21-49-25-33-61(81-49)63-39-41-67(85-63)65-37-35-59(83-65)55-31-29-51(69-71(55)77-87-75-69)47-23-27-53-57(45-47)79(43-19-15-11-7-3)74-54-28-24-48(46-58(54)80(73(53)74)44-20-16-12-8-4)52-30-32-56(72-70(52)76-88-78-72)60-36-38-66(84-60)68-42-40-64(86-68)62-34-26-50(82-62)22-18-14-10-6-2/h23-42,45-46H,5-22,43-44H2,1-4H3. The summed E-state index contributed by atoms with van der Waals surface area (Å²) in [5.41, 5.74) is 16.1. The van der Waals surface area contributed by atoms with Gasteiger partial charge >= 0.3 is 0 Å². The van der Waals surface area contributed by atoms with Crippen LogP contribution in [0.25, 0.3) is 137 Å². The lowest BCUT2D eigenvalue weighted by Crippen LogP contribution is -1.98. The van der Waals surface area contributed by atoms with Gasteiger partial charge in [-0.25, -0.2) is 0 Å². The quantitative estimate of drug-likeness (QED) is 0.0459. The second kappa shape index (κ2) is 27.3. The van der Waals surface area contributed by atoms with Gasteiger partial charge < -0.3 is 9.13 Å². The van der Waals surface area contributed by atoms with Crippen molar-refractivity contribution in [1.29, 1.82) is 0 Å². The third-order valence-electron chi connectivity index (χ3n) is 17.6. The first-order chi connectivity index (χ1) is 43.5. The third kappa shape index (κ3) is 12.0. The molecule has 0 aliphatic carbocycles. The van der Waals surface area contributed by atoms with Gasteiger partial charge in [0.15, 0.2) is 0 Å². The van der Waals surface area contributed by atoms with Crippen molar-refractivity contribution in [3.63, 3.8) is 0 Å². The Bertz CT molecular complexity index is 4390. The molecule has 14 heteroatoms. The van der Waals surface area contributed by atoms with Crippen molar-refractivity contribution in [2.45, 2.75) is 156 Å². The Labute approximate surface area is 549 Å². The van der Waals surface area contributed by atoms with Crippen LogP contribution in [-0.4, -0.2) is 26.6 Å². The molecule has 10 aromatic heterocycles. The van der Waals surface area contributed by atoms with Gasteiger partial charge in [-0.15, -0.1) is 68.0 Å². The number of rotatable bonds is 28. The molecule has 0 atom stereocenters. The fourth-order valence-corrected chi connectivity index (χ4v) is 20.6. The first-order valence-corrected chi connectivity index (χ1v) is 38.5. The molecule has 0 fully saturated rings. The Morgan fingerprint density at radius 2 is 0.614 bits per heavy atom. The molecule has 448 valence electrons. The summed E-state index contributed by atoms with van der Waals surface area (Å²) < 4.78 is 25.5. The number of fused-ring (bicyclic) bond motifs is 7. The van der Waals surface area contributed by atoms with Gasteiger partial charge in [-0.1, -0.05) is 153 Å². The summed E-state index contributed by atoms with van der Waals surface area (Å²) in [6, 6.07) is 51.4. The van der Waals surface area contributed by atoms with Gasteiger partial charge in [-0.2, -0.15) is 17.5 Å². The molecule has 0 saturated heterocycles. The fourth-order valence-electron chi connectivity index (χ4n) is 12.9. The predicted molar refractivity (Wildman–Crippen MR) is 392 cm³/mol. The molecule has 0 unspecified atom stereocenters. The summed E-state index contributed by atoms with van der Waals surface area (Å²) in [6.07, 6.45) is 22.4.